The van der Waals surface area contributed by atoms with Gasteiger partial charge in [0.1, 0.15) is 12.1 Å². The molecule has 2 fully saturated rings. The second kappa shape index (κ2) is 6.96. The van der Waals surface area contributed by atoms with Crippen LogP contribution in [0.1, 0.15) is 31.2 Å². The van der Waals surface area contributed by atoms with E-state index in [1.165, 1.54) is 12.8 Å². The first kappa shape index (κ1) is 17.4. The van der Waals surface area contributed by atoms with E-state index >= 15 is 0 Å². The van der Waals surface area contributed by atoms with Crippen LogP contribution in [0.15, 0.2) is 47.8 Å². The van der Waals surface area contributed by atoms with Crippen molar-refractivity contribution >= 4 is 15.8 Å². The van der Waals surface area contributed by atoms with Crippen LogP contribution in [0.25, 0.3) is 0 Å². The highest BCUT2D eigenvalue weighted by Crippen LogP contribution is 2.35. The fraction of sp³-hybridized carbons (Fsp3) is 0.474. The molecule has 0 N–H and O–H groups in total. The topological polar surface area (TPSA) is 66.4 Å². The van der Waals surface area contributed by atoms with Gasteiger partial charge >= 0.3 is 0 Å². The Morgan fingerprint density at radius 1 is 1.00 bits per heavy atom. The van der Waals surface area contributed by atoms with Crippen molar-refractivity contribution in [1.82, 2.24) is 14.3 Å². The molecule has 26 heavy (non-hydrogen) atoms. The standard InChI is InChI=1S/C19H24N4O2S/c1-15-2-6-18(7-3-15)26(24,25)22-12-9-17(10-13-22)23(16-4-5-16)19-8-11-20-14-21-19/h2-3,6-8,11,14,16-17H,4-5,9-10,12-13H2,1H3. The van der Waals surface area contributed by atoms with Gasteiger partial charge in [0.2, 0.25) is 10.0 Å². The van der Waals surface area contributed by atoms with Gasteiger partial charge in [-0.15, -0.1) is 0 Å². The highest BCUT2D eigenvalue weighted by atomic mass is 32.2. The number of benzene rings is 1. The van der Waals surface area contributed by atoms with Gasteiger partial charge in [0, 0.05) is 31.4 Å². The molecule has 0 bridgehead atoms. The summed E-state index contributed by atoms with van der Waals surface area (Å²) >= 11 is 0. The third-order valence-electron chi connectivity index (χ3n) is 5.25. The Labute approximate surface area is 154 Å². The number of rotatable bonds is 5. The Hall–Kier alpha value is -1.99. The number of piperidine rings is 1. The first-order valence-electron chi connectivity index (χ1n) is 9.17. The maximum Gasteiger partial charge on any atom is 0.243 e. The van der Waals surface area contributed by atoms with Crippen LogP contribution >= 0.6 is 0 Å². The summed E-state index contributed by atoms with van der Waals surface area (Å²) in [6.45, 7) is 3.06. The summed E-state index contributed by atoms with van der Waals surface area (Å²) in [7, 11) is -3.41. The molecule has 0 unspecified atom stereocenters. The molecule has 2 aliphatic rings. The molecule has 1 aromatic carbocycles. The second-order valence-corrected chi connectivity index (χ2v) is 9.09. The fourth-order valence-corrected chi connectivity index (χ4v) is 5.15. The van der Waals surface area contributed by atoms with Crippen molar-refractivity contribution in [3.8, 4) is 0 Å². The average molecular weight is 372 g/mol. The molecule has 0 amide bonds. The lowest BCUT2D eigenvalue weighted by molar-refractivity contribution is 0.308. The molecule has 1 aliphatic carbocycles. The fourth-order valence-electron chi connectivity index (χ4n) is 3.68. The van der Waals surface area contributed by atoms with Crippen molar-refractivity contribution in [2.24, 2.45) is 0 Å². The molecule has 1 saturated heterocycles. The van der Waals surface area contributed by atoms with Gasteiger partial charge in [-0.1, -0.05) is 17.7 Å². The molecule has 0 radical (unpaired) electrons. The minimum atomic E-state index is -3.41. The minimum absolute atomic E-state index is 0.335. The van der Waals surface area contributed by atoms with Gasteiger partial charge in [0.25, 0.3) is 0 Å². The molecule has 2 aromatic rings. The molecule has 4 rings (SSSR count). The summed E-state index contributed by atoms with van der Waals surface area (Å²) in [5, 5.41) is 0. The van der Waals surface area contributed by atoms with E-state index in [0.717, 1.165) is 24.2 Å². The number of hydrogen-bond acceptors (Lipinski definition) is 5. The van der Waals surface area contributed by atoms with E-state index < -0.39 is 10.0 Å². The summed E-state index contributed by atoms with van der Waals surface area (Å²) < 4.78 is 27.4. The van der Waals surface area contributed by atoms with E-state index in [-0.39, 0.29) is 0 Å². The normalized spacial score (nSPS) is 19.4. The van der Waals surface area contributed by atoms with Gasteiger partial charge < -0.3 is 4.90 Å². The van der Waals surface area contributed by atoms with Crippen LogP contribution < -0.4 is 4.90 Å². The first-order valence-corrected chi connectivity index (χ1v) is 10.6. The summed E-state index contributed by atoms with van der Waals surface area (Å²) in [4.78, 5) is 11.2. The van der Waals surface area contributed by atoms with E-state index in [0.29, 0.717) is 30.1 Å². The van der Waals surface area contributed by atoms with Crippen LogP contribution in [-0.2, 0) is 10.0 Å². The summed E-state index contributed by atoms with van der Waals surface area (Å²) in [5.41, 5.74) is 1.06. The maximum absolute atomic E-state index is 12.9. The van der Waals surface area contributed by atoms with Crippen molar-refractivity contribution in [3.63, 3.8) is 0 Å². The van der Waals surface area contributed by atoms with Crippen LogP contribution in [0, 0.1) is 6.92 Å². The van der Waals surface area contributed by atoms with Crippen molar-refractivity contribution < 1.29 is 8.42 Å². The van der Waals surface area contributed by atoms with E-state index in [4.69, 9.17) is 0 Å². The van der Waals surface area contributed by atoms with Crippen molar-refractivity contribution in [2.75, 3.05) is 18.0 Å². The van der Waals surface area contributed by atoms with Crippen molar-refractivity contribution in [1.29, 1.82) is 0 Å². The smallest absolute Gasteiger partial charge is 0.243 e. The quantitative estimate of drug-likeness (QED) is 0.807. The lowest BCUT2D eigenvalue weighted by atomic mass is 10.0. The molecular weight excluding hydrogens is 348 g/mol. The molecule has 1 aliphatic heterocycles. The minimum Gasteiger partial charge on any atom is -0.350 e. The predicted octanol–water partition coefficient (Wildman–Crippen LogP) is 2.61. The summed E-state index contributed by atoms with van der Waals surface area (Å²) in [6.07, 6.45) is 7.38. The van der Waals surface area contributed by atoms with E-state index in [1.807, 2.05) is 25.1 Å². The third-order valence-corrected chi connectivity index (χ3v) is 7.16. The van der Waals surface area contributed by atoms with Crippen LogP contribution in [0.4, 0.5) is 5.82 Å². The largest absolute Gasteiger partial charge is 0.350 e. The van der Waals surface area contributed by atoms with Gasteiger partial charge in [-0.25, -0.2) is 18.4 Å². The Morgan fingerprint density at radius 3 is 2.23 bits per heavy atom. The maximum atomic E-state index is 12.9. The monoisotopic (exact) mass is 372 g/mol. The highest BCUT2D eigenvalue weighted by Gasteiger charge is 2.38. The molecule has 7 heteroatoms. The Kier molecular flexibility index (Phi) is 4.67. The molecule has 1 saturated carbocycles. The lowest BCUT2D eigenvalue weighted by Crippen LogP contribution is -2.48. The Balaban J connectivity index is 1.47. The lowest BCUT2D eigenvalue weighted by Gasteiger charge is -2.38. The zero-order valence-corrected chi connectivity index (χ0v) is 15.8. The zero-order valence-electron chi connectivity index (χ0n) is 15.0. The van der Waals surface area contributed by atoms with Crippen LogP contribution in [-0.4, -0.2) is 47.9 Å². The summed E-state index contributed by atoms with van der Waals surface area (Å²) in [6, 6.07) is 9.93. The zero-order chi connectivity index (χ0) is 18.1. The van der Waals surface area contributed by atoms with Gasteiger partial charge in [0.15, 0.2) is 0 Å². The SMILES string of the molecule is Cc1ccc(S(=O)(=O)N2CCC(N(c3ccncn3)C3CC3)CC2)cc1. The van der Waals surface area contributed by atoms with Gasteiger partial charge in [-0.3, -0.25) is 0 Å². The molecule has 0 atom stereocenters. The first-order chi connectivity index (χ1) is 12.6. The Morgan fingerprint density at radius 2 is 1.65 bits per heavy atom. The van der Waals surface area contributed by atoms with E-state index in [2.05, 4.69) is 14.9 Å². The number of aromatic nitrogens is 2. The summed E-state index contributed by atoms with van der Waals surface area (Å²) in [5.74, 6) is 0.961. The average Bonchev–Trinajstić information content (AvgIpc) is 3.49. The number of anilines is 1. The highest BCUT2D eigenvalue weighted by molar-refractivity contribution is 7.89. The van der Waals surface area contributed by atoms with Crippen LogP contribution in [0.5, 0.6) is 0 Å². The van der Waals surface area contributed by atoms with E-state index in [1.54, 1.807) is 29.0 Å². The van der Waals surface area contributed by atoms with Crippen LogP contribution in [0.3, 0.4) is 0 Å². The predicted molar refractivity (Wildman–Crippen MR) is 100 cm³/mol. The number of nitrogens with zero attached hydrogens (tertiary/aromatic N) is 4. The molecule has 6 nitrogen and oxygen atoms in total. The van der Waals surface area contributed by atoms with Gasteiger partial charge in [-0.05, 0) is 50.8 Å². The molecule has 0 spiro atoms. The van der Waals surface area contributed by atoms with Gasteiger partial charge in [-0.2, -0.15) is 4.31 Å². The second-order valence-electron chi connectivity index (χ2n) is 7.15. The van der Waals surface area contributed by atoms with Crippen molar-refractivity contribution in [3.05, 3.63) is 48.4 Å². The Bertz CT molecular complexity index is 843. The molecular formula is C19H24N4O2S. The van der Waals surface area contributed by atoms with Gasteiger partial charge in [0.05, 0.1) is 4.90 Å². The van der Waals surface area contributed by atoms with Crippen molar-refractivity contribution in [2.45, 2.75) is 49.6 Å². The van der Waals surface area contributed by atoms with E-state index in [9.17, 15) is 8.42 Å². The molecule has 2 heterocycles. The molecule has 138 valence electrons. The number of sulfonamides is 1. The molecule has 1 aromatic heterocycles. The number of aryl methyl sites for hydroxylation is 1. The van der Waals surface area contributed by atoms with Crippen LogP contribution in [0.2, 0.25) is 0 Å². The number of hydrogen-bond donors (Lipinski definition) is 0. The third kappa shape index (κ3) is 3.46.